The van der Waals surface area contributed by atoms with Gasteiger partial charge in [-0.3, -0.25) is 0 Å². The maximum Gasteiger partial charge on any atom is 0.138 e. The number of nitrogens with zero attached hydrogens (tertiary/aromatic N) is 4. The van der Waals surface area contributed by atoms with E-state index in [2.05, 4.69) is 73.7 Å². The lowest BCUT2D eigenvalue weighted by molar-refractivity contribution is 0.313. The fraction of sp³-hybridized carbons (Fsp3) is 0.263. The van der Waals surface area contributed by atoms with Crippen molar-refractivity contribution in [3.63, 3.8) is 0 Å². The summed E-state index contributed by atoms with van der Waals surface area (Å²) < 4.78 is 1.15. The van der Waals surface area contributed by atoms with Gasteiger partial charge in [0.05, 0.1) is 11.3 Å². The quantitative estimate of drug-likeness (QED) is 0.617. The van der Waals surface area contributed by atoms with E-state index in [9.17, 15) is 5.26 Å². The van der Waals surface area contributed by atoms with E-state index >= 15 is 0 Å². The number of aromatic amines is 1. The largest absolute Gasteiger partial charge is 0.368 e. The zero-order valence-electron chi connectivity index (χ0n) is 14.0. The number of pyridine rings is 1. The van der Waals surface area contributed by atoms with Crippen LogP contribution in [0.4, 0.5) is 5.69 Å². The molecule has 1 saturated heterocycles. The highest BCUT2D eigenvalue weighted by atomic mass is 127. The van der Waals surface area contributed by atoms with Crippen LogP contribution in [0.3, 0.4) is 0 Å². The van der Waals surface area contributed by atoms with Crippen molar-refractivity contribution in [2.75, 3.05) is 38.1 Å². The third kappa shape index (κ3) is 3.10. The first kappa shape index (κ1) is 16.4. The van der Waals surface area contributed by atoms with Crippen LogP contribution in [0, 0.1) is 14.9 Å². The molecule has 3 heterocycles. The maximum absolute atomic E-state index is 9.65. The molecule has 25 heavy (non-hydrogen) atoms. The van der Waals surface area contributed by atoms with Crippen LogP contribution >= 0.6 is 22.6 Å². The number of hydrogen-bond donors (Lipinski definition) is 1. The number of hydrogen-bond acceptors (Lipinski definition) is 4. The number of benzene rings is 1. The summed E-state index contributed by atoms with van der Waals surface area (Å²) in [6.07, 6.45) is 3.82. The predicted octanol–water partition coefficient (Wildman–Crippen LogP) is 3.46. The Balaban J connectivity index is 1.71. The lowest BCUT2D eigenvalue weighted by Crippen LogP contribution is -2.44. The Morgan fingerprint density at radius 2 is 1.96 bits per heavy atom. The molecular formula is C19H18IN5. The summed E-state index contributed by atoms with van der Waals surface area (Å²) >= 11 is 2.31. The van der Waals surface area contributed by atoms with Crippen LogP contribution in [-0.2, 0) is 0 Å². The molecule has 6 heteroatoms. The average molecular weight is 443 g/mol. The highest BCUT2D eigenvalue weighted by molar-refractivity contribution is 14.1. The molecule has 1 N–H and O–H groups in total. The second kappa shape index (κ2) is 6.65. The van der Waals surface area contributed by atoms with Gasteiger partial charge in [0.15, 0.2) is 0 Å². The van der Waals surface area contributed by atoms with E-state index in [1.807, 2.05) is 18.5 Å². The van der Waals surface area contributed by atoms with Gasteiger partial charge in [-0.25, -0.2) is 4.98 Å². The van der Waals surface area contributed by atoms with Gasteiger partial charge >= 0.3 is 0 Å². The van der Waals surface area contributed by atoms with Crippen LogP contribution in [-0.4, -0.2) is 48.1 Å². The van der Waals surface area contributed by atoms with Crippen molar-refractivity contribution in [2.45, 2.75) is 0 Å². The van der Waals surface area contributed by atoms with Crippen molar-refractivity contribution < 1.29 is 0 Å². The summed E-state index contributed by atoms with van der Waals surface area (Å²) in [7, 11) is 2.14. The van der Waals surface area contributed by atoms with Gasteiger partial charge in [-0.2, -0.15) is 5.26 Å². The van der Waals surface area contributed by atoms with Crippen LogP contribution in [0.2, 0.25) is 0 Å². The third-order valence-corrected chi connectivity index (χ3v) is 5.67. The Morgan fingerprint density at radius 1 is 1.16 bits per heavy atom. The molecule has 2 aromatic heterocycles. The number of piperazine rings is 1. The standard InChI is InChI=1S/C19H18IN5/c1-24-4-6-25(7-5-24)18-3-2-13(8-14(18)10-21)15-9-16-17(20)12-23-19(16)22-11-15/h2-3,8-9,11-12H,4-7H2,1H3,(H,22,23). The molecule has 1 aliphatic heterocycles. The zero-order chi connectivity index (χ0) is 17.4. The lowest BCUT2D eigenvalue weighted by Gasteiger charge is -2.34. The van der Waals surface area contributed by atoms with Crippen molar-refractivity contribution in [1.29, 1.82) is 5.26 Å². The van der Waals surface area contributed by atoms with Crippen molar-refractivity contribution in [3.05, 3.63) is 45.8 Å². The number of nitrogens with one attached hydrogen (secondary N) is 1. The minimum absolute atomic E-state index is 0.728. The molecule has 0 aliphatic carbocycles. The molecule has 0 atom stereocenters. The van der Waals surface area contributed by atoms with E-state index < -0.39 is 0 Å². The third-order valence-electron chi connectivity index (χ3n) is 4.77. The van der Waals surface area contributed by atoms with Gasteiger partial charge in [0.25, 0.3) is 0 Å². The van der Waals surface area contributed by atoms with Gasteiger partial charge < -0.3 is 14.8 Å². The minimum Gasteiger partial charge on any atom is -0.368 e. The summed E-state index contributed by atoms with van der Waals surface area (Å²) in [4.78, 5) is 12.3. The fourth-order valence-electron chi connectivity index (χ4n) is 3.26. The number of aromatic nitrogens is 2. The molecule has 1 aromatic carbocycles. The van der Waals surface area contributed by atoms with Crippen LogP contribution < -0.4 is 4.90 Å². The predicted molar refractivity (Wildman–Crippen MR) is 109 cm³/mol. The van der Waals surface area contributed by atoms with E-state index in [1.54, 1.807) is 0 Å². The molecule has 0 bridgehead atoms. The average Bonchev–Trinajstić information content (AvgIpc) is 3.02. The first-order chi connectivity index (χ1) is 12.2. The van der Waals surface area contributed by atoms with Crippen LogP contribution in [0.15, 0.2) is 36.7 Å². The summed E-state index contributed by atoms with van der Waals surface area (Å²) in [5.41, 5.74) is 4.71. The van der Waals surface area contributed by atoms with Crippen molar-refractivity contribution in [3.8, 4) is 17.2 Å². The molecule has 4 rings (SSSR count). The topological polar surface area (TPSA) is 58.9 Å². The Hall–Kier alpha value is -2.11. The van der Waals surface area contributed by atoms with Crippen LogP contribution in [0.5, 0.6) is 0 Å². The van der Waals surface area contributed by atoms with Crippen molar-refractivity contribution in [2.24, 2.45) is 0 Å². The minimum atomic E-state index is 0.728. The molecular weight excluding hydrogens is 425 g/mol. The van der Waals surface area contributed by atoms with Gasteiger partial charge in [-0.15, -0.1) is 0 Å². The second-order valence-corrected chi connectivity index (χ2v) is 7.55. The van der Waals surface area contributed by atoms with Crippen LogP contribution in [0.1, 0.15) is 5.56 Å². The van der Waals surface area contributed by atoms with Crippen LogP contribution in [0.25, 0.3) is 22.2 Å². The Kier molecular flexibility index (Phi) is 4.36. The van der Waals surface area contributed by atoms with Gasteiger partial charge in [0, 0.05) is 53.1 Å². The number of likely N-dealkylation sites (N-methyl/N-ethyl adjacent to an activating group) is 1. The van der Waals surface area contributed by atoms with E-state index in [-0.39, 0.29) is 0 Å². The summed E-state index contributed by atoms with van der Waals surface area (Å²) in [6, 6.07) is 10.7. The molecule has 3 aromatic rings. The van der Waals surface area contributed by atoms with E-state index in [1.165, 1.54) is 0 Å². The van der Waals surface area contributed by atoms with E-state index in [0.29, 0.717) is 0 Å². The van der Waals surface area contributed by atoms with Crippen molar-refractivity contribution in [1.82, 2.24) is 14.9 Å². The monoisotopic (exact) mass is 443 g/mol. The first-order valence-electron chi connectivity index (χ1n) is 8.26. The van der Waals surface area contributed by atoms with Gasteiger partial charge in [0.1, 0.15) is 11.7 Å². The molecule has 0 unspecified atom stereocenters. The number of fused-ring (bicyclic) bond motifs is 1. The zero-order valence-corrected chi connectivity index (χ0v) is 16.1. The number of rotatable bonds is 2. The lowest BCUT2D eigenvalue weighted by atomic mass is 10.0. The smallest absolute Gasteiger partial charge is 0.138 e. The second-order valence-electron chi connectivity index (χ2n) is 6.39. The molecule has 0 saturated carbocycles. The molecule has 126 valence electrons. The van der Waals surface area contributed by atoms with Gasteiger partial charge in [-0.1, -0.05) is 6.07 Å². The molecule has 0 spiro atoms. The normalized spacial score (nSPS) is 15.5. The van der Waals surface area contributed by atoms with Gasteiger partial charge in [0.2, 0.25) is 0 Å². The Labute approximate surface area is 160 Å². The summed E-state index contributed by atoms with van der Waals surface area (Å²) in [6.45, 7) is 3.97. The number of anilines is 1. The molecule has 1 fully saturated rings. The highest BCUT2D eigenvalue weighted by Gasteiger charge is 2.17. The highest BCUT2D eigenvalue weighted by Crippen LogP contribution is 2.30. The molecule has 0 amide bonds. The SMILES string of the molecule is CN1CCN(c2ccc(-c3cnc4[nH]cc(I)c4c3)cc2C#N)CC1. The Morgan fingerprint density at radius 3 is 2.72 bits per heavy atom. The number of halogens is 1. The van der Waals surface area contributed by atoms with E-state index in [0.717, 1.165) is 63.2 Å². The molecule has 0 radical (unpaired) electrons. The number of H-pyrrole nitrogens is 1. The fourth-order valence-corrected chi connectivity index (χ4v) is 3.82. The molecule has 1 aliphatic rings. The van der Waals surface area contributed by atoms with E-state index in [4.69, 9.17) is 0 Å². The van der Waals surface area contributed by atoms with Gasteiger partial charge in [-0.05, 0) is 53.4 Å². The molecule has 5 nitrogen and oxygen atoms in total. The number of nitriles is 1. The first-order valence-corrected chi connectivity index (χ1v) is 9.34. The van der Waals surface area contributed by atoms with Crippen molar-refractivity contribution >= 4 is 39.3 Å². The summed E-state index contributed by atoms with van der Waals surface area (Å²) in [5.74, 6) is 0. The summed E-state index contributed by atoms with van der Waals surface area (Å²) in [5, 5.41) is 10.8. The maximum atomic E-state index is 9.65. The Bertz CT molecular complexity index is 964.